The molecule has 102 valence electrons. The molecule has 0 fully saturated rings. The Hall–Kier alpha value is -1.06. The maximum Gasteiger partial charge on any atom is 0.119 e. The van der Waals surface area contributed by atoms with Crippen molar-refractivity contribution >= 4 is 0 Å². The van der Waals surface area contributed by atoms with E-state index in [1.807, 2.05) is 6.07 Å². The number of ether oxygens (including phenoxy) is 1. The summed E-state index contributed by atoms with van der Waals surface area (Å²) in [4.78, 5) is 2.36. The maximum absolute atomic E-state index is 5.23. The van der Waals surface area contributed by atoms with Crippen molar-refractivity contribution in [3.63, 3.8) is 0 Å². The summed E-state index contributed by atoms with van der Waals surface area (Å²) in [6.45, 7) is 7.56. The van der Waals surface area contributed by atoms with Crippen molar-refractivity contribution in [2.75, 3.05) is 33.8 Å². The highest BCUT2D eigenvalue weighted by Crippen LogP contribution is 2.12. The molecule has 0 heterocycles. The summed E-state index contributed by atoms with van der Waals surface area (Å²) in [5.41, 5.74) is 1.33. The predicted octanol–water partition coefficient (Wildman–Crippen LogP) is 2.17. The summed E-state index contributed by atoms with van der Waals surface area (Å²) in [6, 6.07) is 8.87. The fourth-order valence-corrected chi connectivity index (χ4v) is 1.80. The van der Waals surface area contributed by atoms with Gasteiger partial charge in [0.15, 0.2) is 0 Å². The molecule has 0 spiro atoms. The highest BCUT2D eigenvalue weighted by atomic mass is 16.5. The third-order valence-corrected chi connectivity index (χ3v) is 2.96. The second kappa shape index (κ2) is 8.11. The zero-order chi connectivity index (χ0) is 13.4. The molecule has 0 aliphatic rings. The van der Waals surface area contributed by atoms with Gasteiger partial charge in [0.25, 0.3) is 0 Å². The Morgan fingerprint density at radius 2 is 2.06 bits per heavy atom. The topological polar surface area (TPSA) is 24.5 Å². The van der Waals surface area contributed by atoms with E-state index in [0.717, 1.165) is 31.8 Å². The largest absolute Gasteiger partial charge is 0.497 e. The van der Waals surface area contributed by atoms with E-state index in [-0.39, 0.29) is 0 Å². The van der Waals surface area contributed by atoms with Gasteiger partial charge in [0, 0.05) is 25.7 Å². The number of rotatable bonds is 8. The minimum atomic E-state index is 0.566. The second-order valence-corrected chi connectivity index (χ2v) is 5.01. The molecule has 1 rings (SSSR count). The second-order valence-electron chi connectivity index (χ2n) is 5.01. The number of likely N-dealkylation sites (N-methyl/N-ethyl adjacent to an activating group) is 1. The van der Waals surface area contributed by atoms with Crippen LogP contribution in [0.25, 0.3) is 0 Å². The van der Waals surface area contributed by atoms with Crippen molar-refractivity contribution < 1.29 is 4.74 Å². The van der Waals surface area contributed by atoms with Gasteiger partial charge in [-0.1, -0.05) is 26.0 Å². The van der Waals surface area contributed by atoms with Gasteiger partial charge in [0.2, 0.25) is 0 Å². The van der Waals surface area contributed by atoms with E-state index in [1.54, 1.807) is 7.11 Å². The monoisotopic (exact) mass is 250 g/mol. The highest BCUT2D eigenvalue weighted by molar-refractivity contribution is 5.28. The first kappa shape index (κ1) is 15.0. The third kappa shape index (κ3) is 6.03. The summed E-state index contributed by atoms with van der Waals surface area (Å²) in [5, 5.41) is 3.43. The summed E-state index contributed by atoms with van der Waals surface area (Å²) >= 11 is 0. The maximum atomic E-state index is 5.23. The molecule has 0 saturated carbocycles. The summed E-state index contributed by atoms with van der Waals surface area (Å²) in [6.07, 6.45) is 1.06. The van der Waals surface area contributed by atoms with Crippen molar-refractivity contribution in [1.29, 1.82) is 0 Å². The fourth-order valence-electron chi connectivity index (χ4n) is 1.80. The Labute approximate surface area is 111 Å². The van der Waals surface area contributed by atoms with Crippen LogP contribution in [0.4, 0.5) is 0 Å². The first-order chi connectivity index (χ1) is 8.61. The lowest BCUT2D eigenvalue weighted by Crippen LogP contribution is -2.33. The van der Waals surface area contributed by atoms with Crippen LogP contribution in [-0.2, 0) is 6.42 Å². The van der Waals surface area contributed by atoms with Crippen LogP contribution in [0.1, 0.15) is 19.4 Å². The lowest BCUT2D eigenvalue weighted by Gasteiger charge is -2.18. The SMILES string of the molecule is COc1cccc(CCN(C)CCNC(C)C)c1. The minimum absolute atomic E-state index is 0.566. The minimum Gasteiger partial charge on any atom is -0.497 e. The number of methoxy groups -OCH3 is 1. The van der Waals surface area contributed by atoms with Gasteiger partial charge in [0.1, 0.15) is 5.75 Å². The summed E-state index contributed by atoms with van der Waals surface area (Å²) < 4.78 is 5.23. The van der Waals surface area contributed by atoms with E-state index < -0.39 is 0 Å². The van der Waals surface area contributed by atoms with Gasteiger partial charge < -0.3 is 15.0 Å². The van der Waals surface area contributed by atoms with Crippen LogP contribution >= 0.6 is 0 Å². The van der Waals surface area contributed by atoms with Gasteiger partial charge in [-0.3, -0.25) is 0 Å². The van der Waals surface area contributed by atoms with Crippen LogP contribution in [0.5, 0.6) is 5.75 Å². The average Bonchev–Trinajstić information content (AvgIpc) is 2.36. The number of nitrogens with zero attached hydrogens (tertiary/aromatic N) is 1. The molecule has 0 aliphatic heterocycles. The Balaban J connectivity index is 2.26. The quantitative estimate of drug-likeness (QED) is 0.765. The van der Waals surface area contributed by atoms with E-state index >= 15 is 0 Å². The zero-order valence-corrected chi connectivity index (χ0v) is 12.1. The molecule has 1 aromatic carbocycles. The van der Waals surface area contributed by atoms with Crippen LogP contribution in [0, 0.1) is 0 Å². The molecule has 0 aromatic heterocycles. The Kier molecular flexibility index (Phi) is 6.76. The standard InChI is InChI=1S/C15H26N2O/c1-13(2)16-9-11-17(3)10-8-14-6-5-7-15(12-14)18-4/h5-7,12-13,16H,8-11H2,1-4H3. The summed E-state index contributed by atoms with van der Waals surface area (Å²) in [7, 11) is 3.88. The molecule has 0 atom stereocenters. The Morgan fingerprint density at radius 3 is 2.72 bits per heavy atom. The van der Waals surface area contributed by atoms with Gasteiger partial charge in [0.05, 0.1) is 7.11 Å². The third-order valence-electron chi connectivity index (χ3n) is 2.96. The number of benzene rings is 1. The fraction of sp³-hybridized carbons (Fsp3) is 0.600. The molecule has 0 unspecified atom stereocenters. The molecule has 0 radical (unpaired) electrons. The van der Waals surface area contributed by atoms with Crippen molar-refractivity contribution in [2.24, 2.45) is 0 Å². The first-order valence-corrected chi connectivity index (χ1v) is 6.66. The normalized spacial score (nSPS) is 11.2. The lowest BCUT2D eigenvalue weighted by atomic mass is 10.1. The van der Waals surface area contributed by atoms with E-state index in [1.165, 1.54) is 5.56 Å². The van der Waals surface area contributed by atoms with E-state index in [9.17, 15) is 0 Å². The van der Waals surface area contributed by atoms with Crippen LogP contribution < -0.4 is 10.1 Å². The van der Waals surface area contributed by atoms with Gasteiger partial charge in [-0.25, -0.2) is 0 Å². The lowest BCUT2D eigenvalue weighted by molar-refractivity contribution is 0.330. The molecule has 3 heteroatoms. The van der Waals surface area contributed by atoms with E-state index in [2.05, 4.69) is 49.3 Å². The zero-order valence-electron chi connectivity index (χ0n) is 12.1. The Bertz CT molecular complexity index is 339. The molecule has 18 heavy (non-hydrogen) atoms. The molecular weight excluding hydrogens is 224 g/mol. The van der Waals surface area contributed by atoms with Gasteiger partial charge in [-0.15, -0.1) is 0 Å². The molecule has 1 N–H and O–H groups in total. The number of nitrogens with one attached hydrogen (secondary N) is 1. The molecule has 0 bridgehead atoms. The highest BCUT2D eigenvalue weighted by Gasteiger charge is 2.01. The van der Waals surface area contributed by atoms with Crippen molar-refractivity contribution in [1.82, 2.24) is 10.2 Å². The van der Waals surface area contributed by atoms with Crippen molar-refractivity contribution in [3.05, 3.63) is 29.8 Å². The van der Waals surface area contributed by atoms with Crippen molar-refractivity contribution in [2.45, 2.75) is 26.3 Å². The molecule has 0 aliphatic carbocycles. The molecule has 1 aromatic rings. The summed E-state index contributed by atoms with van der Waals surface area (Å²) in [5.74, 6) is 0.941. The Morgan fingerprint density at radius 1 is 1.28 bits per heavy atom. The van der Waals surface area contributed by atoms with Gasteiger partial charge in [-0.2, -0.15) is 0 Å². The van der Waals surface area contributed by atoms with Crippen LogP contribution in [0.2, 0.25) is 0 Å². The predicted molar refractivity (Wildman–Crippen MR) is 77.3 cm³/mol. The van der Waals surface area contributed by atoms with Crippen LogP contribution in [0.15, 0.2) is 24.3 Å². The number of hydrogen-bond donors (Lipinski definition) is 1. The van der Waals surface area contributed by atoms with E-state index in [0.29, 0.717) is 6.04 Å². The molecule has 0 saturated heterocycles. The van der Waals surface area contributed by atoms with Crippen LogP contribution in [-0.4, -0.2) is 44.7 Å². The number of hydrogen-bond acceptors (Lipinski definition) is 3. The van der Waals surface area contributed by atoms with Gasteiger partial charge in [-0.05, 0) is 31.2 Å². The van der Waals surface area contributed by atoms with Gasteiger partial charge >= 0.3 is 0 Å². The molecule has 0 amide bonds. The molecule has 3 nitrogen and oxygen atoms in total. The smallest absolute Gasteiger partial charge is 0.119 e. The van der Waals surface area contributed by atoms with Crippen molar-refractivity contribution in [3.8, 4) is 5.75 Å². The van der Waals surface area contributed by atoms with Crippen LogP contribution in [0.3, 0.4) is 0 Å². The first-order valence-electron chi connectivity index (χ1n) is 6.66. The molecular formula is C15H26N2O. The van der Waals surface area contributed by atoms with E-state index in [4.69, 9.17) is 4.74 Å². The average molecular weight is 250 g/mol.